The number of para-hydroxylation sites is 2. The fourth-order valence-corrected chi connectivity index (χ4v) is 12.4. The van der Waals surface area contributed by atoms with Crippen LogP contribution in [0.25, 0.3) is 43.4 Å². The third-order valence-electron chi connectivity index (χ3n) is 13.1. The molecule has 0 aliphatic heterocycles. The number of anilines is 6. The minimum absolute atomic E-state index is 0.269. The second kappa shape index (κ2) is 14.5. The van der Waals surface area contributed by atoms with Crippen molar-refractivity contribution in [3.63, 3.8) is 0 Å². The summed E-state index contributed by atoms with van der Waals surface area (Å²) < 4.78 is 0. The molecule has 0 atom stereocenters. The highest BCUT2D eigenvalue weighted by Crippen LogP contribution is 2.59. The third kappa shape index (κ3) is 6.52. The highest BCUT2D eigenvalue weighted by Gasteiger charge is 2.41. The summed E-state index contributed by atoms with van der Waals surface area (Å²) >= 11 is 0. The molecular formula is C57H54N2Si2. The summed E-state index contributed by atoms with van der Waals surface area (Å²) in [5, 5.41) is 10.7. The molecule has 0 fully saturated rings. The van der Waals surface area contributed by atoms with Gasteiger partial charge in [0.25, 0.3) is 0 Å². The molecule has 4 heteroatoms. The van der Waals surface area contributed by atoms with Crippen molar-refractivity contribution in [2.75, 3.05) is 9.80 Å². The fourth-order valence-electron chi connectivity index (χ4n) is 10.0. The minimum Gasteiger partial charge on any atom is -0.310 e. The van der Waals surface area contributed by atoms with Gasteiger partial charge in [-0.05, 0) is 116 Å². The SMILES string of the molecule is CC1(C)c2c(cc(N(c3ccccc3)c3ccc([Si](C)(C)C)cc3)c3ccccc23)-c2c1c1ccc(N(c3ccccc3)c3ccc([Si](C)(C)C)cc3)cc1c1ccccc21. The summed E-state index contributed by atoms with van der Waals surface area (Å²) in [5.41, 5.74) is 12.2. The molecule has 0 saturated carbocycles. The van der Waals surface area contributed by atoms with Gasteiger partial charge in [0.2, 0.25) is 0 Å². The lowest BCUT2D eigenvalue weighted by atomic mass is 9.77. The molecule has 0 heterocycles. The molecule has 10 rings (SSSR count). The fraction of sp³-hybridized carbons (Fsp3) is 0.158. The standard InChI is InChI=1S/C57H54N2Si2/c1-57(2)55-49-26-18-16-24-47(49)53(59(40-21-13-10-14-22-40)42-29-34-45(35-30-42)61(6,7)8)38-52(55)54-48-25-17-15-23-46(48)51-37-43(31-36-50(51)56(54)57)58(39-19-11-9-12-20-39)41-27-32-44(33-28-41)60(3,4)5/h9-38H,1-8H3. The Balaban J connectivity index is 1.22. The van der Waals surface area contributed by atoms with Gasteiger partial charge in [-0.25, -0.2) is 0 Å². The molecule has 0 N–H and O–H groups in total. The van der Waals surface area contributed by atoms with E-state index in [1.807, 2.05) is 0 Å². The van der Waals surface area contributed by atoms with Crippen LogP contribution in [0.5, 0.6) is 0 Å². The van der Waals surface area contributed by atoms with Crippen LogP contribution in [0.2, 0.25) is 39.3 Å². The Morgan fingerprint density at radius 3 is 1.33 bits per heavy atom. The predicted octanol–water partition coefficient (Wildman–Crippen LogP) is 15.5. The van der Waals surface area contributed by atoms with E-state index in [9.17, 15) is 0 Å². The van der Waals surface area contributed by atoms with Crippen molar-refractivity contribution in [2.24, 2.45) is 0 Å². The topological polar surface area (TPSA) is 6.48 Å². The van der Waals surface area contributed by atoms with E-state index >= 15 is 0 Å². The first-order valence-corrected chi connectivity index (χ1v) is 28.8. The van der Waals surface area contributed by atoms with Crippen LogP contribution in [0.4, 0.5) is 34.1 Å². The van der Waals surface area contributed by atoms with Crippen LogP contribution in [-0.2, 0) is 5.41 Å². The van der Waals surface area contributed by atoms with Crippen molar-refractivity contribution in [3.05, 3.63) is 193 Å². The molecule has 0 saturated heterocycles. The molecule has 1 aliphatic carbocycles. The Morgan fingerprint density at radius 1 is 0.344 bits per heavy atom. The molecule has 0 amide bonds. The lowest BCUT2D eigenvalue weighted by molar-refractivity contribution is 0.672. The molecular weight excluding hydrogens is 769 g/mol. The average Bonchev–Trinajstić information content (AvgIpc) is 3.51. The number of benzene rings is 9. The largest absolute Gasteiger partial charge is 0.310 e. The molecule has 0 spiro atoms. The van der Waals surface area contributed by atoms with Crippen molar-refractivity contribution in [1.82, 2.24) is 0 Å². The number of hydrogen-bond acceptors (Lipinski definition) is 2. The van der Waals surface area contributed by atoms with Gasteiger partial charge in [0.15, 0.2) is 0 Å². The number of fused-ring (bicyclic) bond motifs is 10. The second-order valence-corrected chi connectivity index (χ2v) is 29.6. The minimum atomic E-state index is -1.48. The second-order valence-electron chi connectivity index (χ2n) is 19.4. The van der Waals surface area contributed by atoms with Crippen molar-refractivity contribution in [2.45, 2.75) is 58.5 Å². The van der Waals surface area contributed by atoms with Crippen LogP contribution in [0.15, 0.2) is 182 Å². The zero-order valence-corrected chi connectivity index (χ0v) is 38.7. The van der Waals surface area contributed by atoms with E-state index in [4.69, 9.17) is 0 Å². The van der Waals surface area contributed by atoms with Gasteiger partial charge in [-0.15, -0.1) is 0 Å². The molecule has 0 bridgehead atoms. The van der Waals surface area contributed by atoms with Crippen LogP contribution >= 0.6 is 0 Å². The van der Waals surface area contributed by atoms with Crippen LogP contribution in [0, 0.1) is 0 Å². The smallest absolute Gasteiger partial charge is 0.0775 e. The van der Waals surface area contributed by atoms with E-state index in [0.717, 1.165) is 17.1 Å². The van der Waals surface area contributed by atoms with E-state index in [1.165, 1.54) is 82.0 Å². The Labute approximate surface area is 363 Å². The lowest BCUT2D eigenvalue weighted by Crippen LogP contribution is -2.37. The van der Waals surface area contributed by atoms with Crippen molar-refractivity contribution in [1.29, 1.82) is 0 Å². The van der Waals surface area contributed by atoms with E-state index in [2.05, 4.69) is 245 Å². The zero-order valence-electron chi connectivity index (χ0n) is 36.7. The Kier molecular flexibility index (Phi) is 9.24. The van der Waals surface area contributed by atoms with Crippen molar-refractivity contribution in [3.8, 4) is 11.1 Å². The van der Waals surface area contributed by atoms with Gasteiger partial charge in [-0.3, -0.25) is 0 Å². The van der Waals surface area contributed by atoms with Gasteiger partial charge >= 0.3 is 0 Å². The van der Waals surface area contributed by atoms with E-state index in [1.54, 1.807) is 0 Å². The molecule has 61 heavy (non-hydrogen) atoms. The summed E-state index contributed by atoms with van der Waals surface area (Å²) in [6.45, 7) is 19.4. The van der Waals surface area contributed by atoms with Gasteiger partial charge in [0.1, 0.15) is 0 Å². The first-order valence-electron chi connectivity index (χ1n) is 21.8. The maximum atomic E-state index is 2.51. The van der Waals surface area contributed by atoms with Gasteiger partial charge in [0.05, 0.1) is 21.8 Å². The van der Waals surface area contributed by atoms with Crippen LogP contribution < -0.4 is 20.2 Å². The molecule has 9 aromatic rings. The molecule has 0 aromatic heterocycles. The normalized spacial score (nSPS) is 13.4. The first-order chi connectivity index (χ1) is 29.3. The Bertz CT molecular complexity index is 3100. The highest BCUT2D eigenvalue weighted by atomic mass is 28.3. The molecule has 1 aliphatic rings. The molecule has 9 aromatic carbocycles. The molecule has 2 nitrogen and oxygen atoms in total. The summed E-state index contributed by atoms with van der Waals surface area (Å²) in [5.74, 6) is 0. The number of rotatable bonds is 8. The van der Waals surface area contributed by atoms with Crippen molar-refractivity contribution >= 4 is 93.0 Å². The first kappa shape index (κ1) is 39.0. The van der Waals surface area contributed by atoms with E-state index < -0.39 is 16.1 Å². The van der Waals surface area contributed by atoms with Crippen LogP contribution in [0.3, 0.4) is 0 Å². The maximum absolute atomic E-state index is 2.51. The summed E-state index contributed by atoms with van der Waals surface area (Å²) in [7, 11) is -2.94. The monoisotopic (exact) mass is 822 g/mol. The van der Waals surface area contributed by atoms with E-state index in [-0.39, 0.29) is 5.41 Å². The lowest BCUT2D eigenvalue weighted by Gasteiger charge is -2.30. The third-order valence-corrected chi connectivity index (χ3v) is 17.2. The van der Waals surface area contributed by atoms with Crippen LogP contribution in [-0.4, -0.2) is 16.1 Å². The Hall–Kier alpha value is -6.21. The van der Waals surface area contributed by atoms with Gasteiger partial charge in [0, 0.05) is 39.2 Å². The number of nitrogens with zero attached hydrogens (tertiary/aromatic N) is 2. The maximum Gasteiger partial charge on any atom is 0.0775 e. The quantitative estimate of drug-likeness (QED) is 0.111. The summed E-state index contributed by atoms with van der Waals surface area (Å²) in [6.07, 6.45) is 0. The average molecular weight is 823 g/mol. The van der Waals surface area contributed by atoms with Crippen LogP contribution in [0.1, 0.15) is 25.0 Å². The summed E-state index contributed by atoms with van der Waals surface area (Å²) in [6, 6.07) is 68.4. The van der Waals surface area contributed by atoms with Gasteiger partial charge in [-0.2, -0.15) is 0 Å². The van der Waals surface area contributed by atoms with Gasteiger partial charge in [-0.1, -0.05) is 179 Å². The van der Waals surface area contributed by atoms with Crippen molar-refractivity contribution < 1.29 is 0 Å². The molecule has 0 radical (unpaired) electrons. The molecule has 0 unspecified atom stereocenters. The summed E-state index contributed by atoms with van der Waals surface area (Å²) in [4.78, 5) is 4.90. The van der Waals surface area contributed by atoms with Gasteiger partial charge < -0.3 is 9.80 Å². The number of hydrogen-bond donors (Lipinski definition) is 0. The zero-order chi connectivity index (χ0) is 42.3. The highest BCUT2D eigenvalue weighted by molar-refractivity contribution is 6.89. The molecule has 300 valence electrons. The Morgan fingerprint density at radius 2 is 0.770 bits per heavy atom. The van der Waals surface area contributed by atoms with E-state index in [0.29, 0.717) is 0 Å². The predicted molar refractivity (Wildman–Crippen MR) is 272 cm³/mol.